The average molecular weight is 335 g/mol. The molecule has 0 aliphatic rings. The van der Waals surface area contributed by atoms with Gasteiger partial charge in [-0.25, -0.2) is 0 Å². The molecule has 0 saturated carbocycles. The highest BCUT2D eigenvalue weighted by Gasteiger charge is 2.17. The van der Waals surface area contributed by atoms with E-state index in [0.29, 0.717) is 12.0 Å². The van der Waals surface area contributed by atoms with Crippen LogP contribution in [0.1, 0.15) is 22.7 Å². The molecule has 104 valence electrons. The van der Waals surface area contributed by atoms with Gasteiger partial charge in [-0.3, -0.25) is 10.1 Å². The molecular formula is C15H15BrN2O2. The van der Waals surface area contributed by atoms with Crippen LogP contribution < -0.4 is 5.73 Å². The van der Waals surface area contributed by atoms with Gasteiger partial charge in [0, 0.05) is 22.1 Å². The number of benzene rings is 2. The quantitative estimate of drug-likeness (QED) is 0.680. The van der Waals surface area contributed by atoms with E-state index in [1.165, 1.54) is 6.07 Å². The Labute approximate surface area is 125 Å². The SMILES string of the molecule is Cc1cc(Br)ccc1C(N)Cc1ccccc1[N+](=O)[O-]. The topological polar surface area (TPSA) is 69.2 Å². The summed E-state index contributed by atoms with van der Waals surface area (Å²) in [6, 6.07) is 12.4. The van der Waals surface area contributed by atoms with Crippen molar-refractivity contribution in [1.82, 2.24) is 0 Å². The summed E-state index contributed by atoms with van der Waals surface area (Å²) in [5, 5.41) is 11.0. The van der Waals surface area contributed by atoms with Gasteiger partial charge in [0.2, 0.25) is 0 Å². The molecule has 5 heteroatoms. The zero-order valence-corrected chi connectivity index (χ0v) is 12.6. The lowest BCUT2D eigenvalue weighted by molar-refractivity contribution is -0.385. The predicted octanol–water partition coefficient (Wildman–Crippen LogP) is 3.91. The number of halogens is 1. The molecule has 0 aliphatic heterocycles. The van der Waals surface area contributed by atoms with Crippen LogP contribution in [0.25, 0.3) is 0 Å². The second-order valence-electron chi connectivity index (χ2n) is 4.70. The van der Waals surface area contributed by atoms with Gasteiger partial charge >= 0.3 is 0 Å². The van der Waals surface area contributed by atoms with Crippen molar-refractivity contribution in [2.24, 2.45) is 5.73 Å². The number of hydrogen-bond donors (Lipinski definition) is 1. The largest absolute Gasteiger partial charge is 0.324 e. The number of hydrogen-bond acceptors (Lipinski definition) is 3. The number of nitrogens with zero attached hydrogens (tertiary/aromatic N) is 1. The van der Waals surface area contributed by atoms with Crippen LogP contribution in [-0.2, 0) is 6.42 Å². The fourth-order valence-corrected chi connectivity index (χ4v) is 2.74. The molecule has 1 atom stereocenters. The molecule has 2 rings (SSSR count). The van der Waals surface area contributed by atoms with Crippen LogP contribution in [0.5, 0.6) is 0 Å². The van der Waals surface area contributed by atoms with Crippen molar-refractivity contribution in [1.29, 1.82) is 0 Å². The van der Waals surface area contributed by atoms with Crippen molar-refractivity contribution in [2.45, 2.75) is 19.4 Å². The highest BCUT2D eigenvalue weighted by atomic mass is 79.9. The Kier molecular flexibility index (Phi) is 4.52. The van der Waals surface area contributed by atoms with Crippen molar-refractivity contribution < 1.29 is 4.92 Å². The lowest BCUT2D eigenvalue weighted by Crippen LogP contribution is -2.15. The summed E-state index contributed by atoms with van der Waals surface area (Å²) in [4.78, 5) is 10.6. The van der Waals surface area contributed by atoms with Crippen LogP contribution in [0.2, 0.25) is 0 Å². The molecule has 0 aromatic heterocycles. The van der Waals surface area contributed by atoms with Crippen molar-refractivity contribution in [3.63, 3.8) is 0 Å². The lowest BCUT2D eigenvalue weighted by atomic mass is 9.95. The number of nitro benzene ring substituents is 1. The summed E-state index contributed by atoms with van der Waals surface area (Å²) in [6.07, 6.45) is 0.444. The third-order valence-corrected chi connectivity index (χ3v) is 3.75. The molecule has 20 heavy (non-hydrogen) atoms. The summed E-state index contributed by atoms with van der Waals surface area (Å²) in [5.74, 6) is 0. The van der Waals surface area contributed by atoms with Crippen molar-refractivity contribution >= 4 is 21.6 Å². The zero-order valence-electron chi connectivity index (χ0n) is 11.0. The number of aryl methyl sites for hydroxylation is 1. The van der Waals surface area contributed by atoms with Crippen LogP contribution in [-0.4, -0.2) is 4.92 Å². The average Bonchev–Trinajstić information content (AvgIpc) is 2.38. The molecule has 0 saturated heterocycles. The Morgan fingerprint density at radius 3 is 2.65 bits per heavy atom. The van der Waals surface area contributed by atoms with E-state index < -0.39 is 0 Å². The second kappa shape index (κ2) is 6.15. The van der Waals surface area contributed by atoms with E-state index in [2.05, 4.69) is 15.9 Å². The lowest BCUT2D eigenvalue weighted by Gasteiger charge is -2.15. The van der Waals surface area contributed by atoms with Crippen LogP contribution in [0.3, 0.4) is 0 Å². The second-order valence-corrected chi connectivity index (χ2v) is 5.61. The van der Waals surface area contributed by atoms with Crippen molar-refractivity contribution in [3.05, 3.63) is 73.7 Å². The van der Waals surface area contributed by atoms with Gasteiger partial charge in [0.05, 0.1) is 4.92 Å². The van der Waals surface area contributed by atoms with Gasteiger partial charge in [0.1, 0.15) is 0 Å². The van der Waals surface area contributed by atoms with Crippen molar-refractivity contribution in [2.75, 3.05) is 0 Å². The molecule has 2 N–H and O–H groups in total. The van der Waals surface area contributed by atoms with Gasteiger partial charge in [-0.15, -0.1) is 0 Å². The first-order valence-corrected chi connectivity index (χ1v) is 7.02. The first-order valence-electron chi connectivity index (χ1n) is 6.23. The monoisotopic (exact) mass is 334 g/mol. The smallest absolute Gasteiger partial charge is 0.272 e. The van der Waals surface area contributed by atoms with Gasteiger partial charge in [-0.2, -0.15) is 0 Å². The molecule has 2 aromatic carbocycles. The molecule has 0 amide bonds. The minimum Gasteiger partial charge on any atom is -0.324 e. The minimum atomic E-state index is -0.365. The number of nitrogens with two attached hydrogens (primary N) is 1. The molecule has 0 bridgehead atoms. The van der Waals surface area contributed by atoms with E-state index in [-0.39, 0.29) is 16.7 Å². The first kappa shape index (κ1) is 14.7. The van der Waals surface area contributed by atoms with E-state index >= 15 is 0 Å². The standard InChI is InChI=1S/C15H15BrN2O2/c1-10-8-12(16)6-7-13(10)14(17)9-11-4-2-3-5-15(11)18(19)20/h2-8,14H,9,17H2,1H3. The Hall–Kier alpha value is -1.72. The summed E-state index contributed by atoms with van der Waals surface area (Å²) in [5.41, 5.74) is 9.07. The summed E-state index contributed by atoms with van der Waals surface area (Å²) in [6.45, 7) is 1.99. The van der Waals surface area contributed by atoms with Crippen molar-refractivity contribution in [3.8, 4) is 0 Å². The third-order valence-electron chi connectivity index (χ3n) is 3.26. The molecule has 0 radical (unpaired) electrons. The van der Waals surface area contributed by atoms with Crippen LogP contribution >= 0.6 is 15.9 Å². The fraction of sp³-hybridized carbons (Fsp3) is 0.200. The van der Waals surface area contributed by atoms with E-state index in [1.54, 1.807) is 18.2 Å². The normalized spacial score (nSPS) is 12.2. The predicted molar refractivity (Wildman–Crippen MR) is 82.6 cm³/mol. The van der Waals surface area contributed by atoms with Crippen LogP contribution in [0.15, 0.2) is 46.9 Å². The maximum atomic E-state index is 11.0. The number of rotatable bonds is 4. The summed E-state index contributed by atoms with van der Waals surface area (Å²) >= 11 is 3.41. The molecule has 2 aromatic rings. The van der Waals surface area contributed by atoms with E-state index in [0.717, 1.165) is 15.6 Å². The number of para-hydroxylation sites is 1. The maximum Gasteiger partial charge on any atom is 0.272 e. The Balaban J connectivity index is 2.28. The highest BCUT2D eigenvalue weighted by Crippen LogP contribution is 2.26. The Bertz CT molecular complexity index is 644. The fourth-order valence-electron chi connectivity index (χ4n) is 2.26. The summed E-state index contributed by atoms with van der Waals surface area (Å²) < 4.78 is 0.997. The number of nitro groups is 1. The third kappa shape index (κ3) is 3.23. The molecule has 0 fully saturated rings. The Morgan fingerprint density at radius 2 is 2.00 bits per heavy atom. The van der Waals surface area contributed by atoms with E-state index in [1.807, 2.05) is 25.1 Å². The molecular weight excluding hydrogens is 320 g/mol. The highest BCUT2D eigenvalue weighted by molar-refractivity contribution is 9.10. The van der Waals surface area contributed by atoms with Gasteiger partial charge in [-0.05, 0) is 36.6 Å². The summed E-state index contributed by atoms with van der Waals surface area (Å²) in [7, 11) is 0. The van der Waals surface area contributed by atoms with E-state index in [4.69, 9.17) is 5.73 Å². The minimum absolute atomic E-state index is 0.123. The van der Waals surface area contributed by atoms with Gasteiger partial charge in [-0.1, -0.05) is 40.2 Å². The molecule has 0 spiro atoms. The molecule has 1 unspecified atom stereocenters. The van der Waals surface area contributed by atoms with Gasteiger partial charge in [0.25, 0.3) is 5.69 Å². The zero-order chi connectivity index (χ0) is 14.7. The first-order chi connectivity index (χ1) is 9.49. The molecule has 4 nitrogen and oxygen atoms in total. The Morgan fingerprint density at radius 1 is 1.30 bits per heavy atom. The van der Waals surface area contributed by atoms with E-state index in [9.17, 15) is 10.1 Å². The van der Waals surface area contributed by atoms with Gasteiger partial charge < -0.3 is 5.73 Å². The molecule has 0 aliphatic carbocycles. The molecule has 0 heterocycles. The van der Waals surface area contributed by atoms with Gasteiger partial charge in [0.15, 0.2) is 0 Å². The van der Waals surface area contributed by atoms with Crippen LogP contribution in [0, 0.1) is 17.0 Å². The maximum absolute atomic E-state index is 11.0. The van der Waals surface area contributed by atoms with Crippen LogP contribution in [0.4, 0.5) is 5.69 Å².